The number of carbonyl (C=O) groups is 2. The third kappa shape index (κ3) is 6.43. The number of hydrogen-bond acceptors (Lipinski definition) is 2. The van der Waals surface area contributed by atoms with Gasteiger partial charge in [-0.1, -0.05) is 133 Å². The first-order valence-electron chi connectivity index (χ1n) is 14.2. The van der Waals surface area contributed by atoms with E-state index in [4.69, 9.17) is 0 Å². The molecule has 0 radical (unpaired) electrons. The summed E-state index contributed by atoms with van der Waals surface area (Å²) in [5.41, 5.74) is 4.29. The van der Waals surface area contributed by atoms with Crippen molar-refractivity contribution in [2.24, 2.45) is 0 Å². The summed E-state index contributed by atoms with van der Waals surface area (Å²) in [6.45, 7) is 2.27. The molecule has 3 nitrogen and oxygen atoms in total. The van der Waals surface area contributed by atoms with E-state index in [1.165, 1.54) is 70.6 Å². The van der Waals surface area contributed by atoms with Crippen molar-refractivity contribution in [3.63, 3.8) is 0 Å². The predicted molar refractivity (Wildman–Crippen MR) is 152 cm³/mol. The summed E-state index contributed by atoms with van der Waals surface area (Å²) >= 11 is 0. The first-order valence-corrected chi connectivity index (χ1v) is 14.2. The number of nitrogens with one attached hydrogen (secondary N) is 1. The Labute approximate surface area is 216 Å². The van der Waals surface area contributed by atoms with Crippen LogP contribution in [-0.2, 0) is 4.79 Å². The van der Waals surface area contributed by atoms with Crippen LogP contribution in [0.4, 0.5) is 5.69 Å². The molecule has 0 unspecified atom stereocenters. The zero-order valence-corrected chi connectivity index (χ0v) is 21.9. The van der Waals surface area contributed by atoms with E-state index in [0.29, 0.717) is 12.0 Å². The van der Waals surface area contributed by atoms with Crippen LogP contribution < -0.4 is 5.32 Å². The van der Waals surface area contributed by atoms with Crippen LogP contribution in [0.2, 0.25) is 0 Å². The van der Waals surface area contributed by atoms with Crippen LogP contribution in [0.25, 0.3) is 21.9 Å². The van der Waals surface area contributed by atoms with Crippen LogP contribution in [0.1, 0.15) is 113 Å². The Bertz CT molecular complexity index is 1180. The summed E-state index contributed by atoms with van der Waals surface area (Å²) in [7, 11) is 0. The molecule has 0 fully saturated rings. The number of hydrogen-bond donors (Lipinski definition) is 1. The van der Waals surface area contributed by atoms with E-state index in [1.54, 1.807) is 0 Å². The van der Waals surface area contributed by atoms with Crippen molar-refractivity contribution < 1.29 is 9.59 Å². The molecule has 1 N–H and O–H groups in total. The van der Waals surface area contributed by atoms with E-state index < -0.39 is 0 Å². The molecule has 0 aromatic heterocycles. The van der Waals surface area contributed by atoms with Crippen molar-refractivity contribution >= 4 is 28.2 Å². The zero-order valence-electron chi connectivity index (χ0n) is 21.9. The lowest BCUT2D eigenvalue weighted by Gasteiger charge is -2.21. The maximum atomic E-state index is 13.1. The van der Waals surface area contributed by atoms with Crippen LogP contribution in [0.3, 0.4) is 0 Å². The standard InChI is InChI=1S/C33H41NO2/c1-2-3-4-5-6-7-8-9-10-11-12-13-14-22-31(35)34-30-24-23-26-25-18-15-16-19-27(25)33(36)29-21-17-20-28(30)32(26)29/h15-21,23-24H,2-14,22H2,1H3,(H,34,35). The van der Waals surface area contributed by atoms with Gasteiger partial charge in [-0.2, -0.15) is 0 Å². The van der Waals surface area contributed by atoms with Gasteiger partial charge < -0.3 is 5.32 Å². The fourth-order valence-corrected chi connectivity index (χ4v) is 5.51. The molecule has 0 saturated carbocycles. The lowest BCUT2D eigenvalue weighted by atomic mass is 9.82. The number of rotatable bonds is 15. The highest BCUT2D eigenvalue weighted by Gasteiger charge is 2.25. The van der Waals surface area contributed by atoms with Gasteiger partial charge in [0.05, 0.1) is 0 Å². The van der Waals surface area contributed by atoms with E-state index in [0.717, 1.165) is 46.0 Å². The van der Waals surface area contributed by atoms with Gasteiger partial charge in [0.2, 0.25) is 5.91 Å². The minimum atomic E-state index is 0.0548. The normalized spacial score (nSPS) is 12.1. The van der Waals surface area contributed by atoms with Crippen molar-refractivity contribution in [2.45, 2.75) is 96.8 Å². The monoisotopic (exact) mass is 483 g/mol. The van der Waals surface area contributed by atoms with Gasteiger partial charge in [-0.05, 0) is 23.6 Å². The first-order chi connectivity index (χ1) is 17.7. The molecule has 1 amide bonds. The fraction of sp³-hybridized carbons (Fsp3) is 0.455. The van der Waals surface area contributed by atoms with Crippen molar-refractivity contribution in [3.05, 3.63) is 65.7 Å². The summed E-state index contributed by atoms with van der Waals surface area (Å²) in [6, 6.07) is 17.6. The number of amides is 1. The molecule has 0 bridgehead atoms. The van der Waals surface area contributed by atoms with Crippen LogP contribution in [-0.4, -0.2) is 11.7 Å². The molecule has 1 aliphatic carbocycles. The van der Waals surface area contributed by atoms with Gasteiger partial charge in [-0.25, -0.2) is 0 Å². The molecule has 0 spiro atoms. The number of ketones is 1. The van der Waals surface area contributed by atoms with Crippen molar-refractivity contribution in [1.29, 1.82) is 0 Å². The molecule has 4 rings (SSSR count). The molecule has 3 aromatic rings. The Balaban J connectivity index is 1.21. The van der Waals surface area contributed by atoms with Crippen molar-refractivity contribution in [2.75, 3.05) is 5.32 Å². The summed E-state index contributed by atoms with van der Waals surface area (Å²) < 4.78 is 0. The van der Waals surface area contributed by atoms with Gasteiger partial charge in [0.15, 0.2) is 5.78 Å². The third-order valence-corrected chi connectivity index (χ3v) is 7.53. The molecule has 0 aliphatic heterocycles. The molecule has 0 heterocycles. The minimum absolute atomic E-state index is 0.0548. The largest absolute Gasteiger partial charge is 0.326 e. The van der Waals surface area contributed by atoms with E-state index >= 15 is 0 Å². The van der Waals surface area contributed by atoms with Crippen LogP contribution in [0, 0.1) is 0 Å². The number of unbranched alkanes of at least 4 members (excludes halogenated alkanes) is 12. The molecule has 36 heavy (non-hydrogen) atoms. The molecule has 0 saturated heterocycles. The molecular formula is C33H41NO2. The fourth-order valence-electron chi connectivity index (χ4n) is 5.51. The molecule has 3 aromatic carbocycles. The molecule has 0 atom stereocenters. The highest BCUT2D eigenvalue weighted by Crippen LogP contribution is 2.41. The smallest absolute Gasteiger partial charge is 0.224 e. The van der Waals surface area contributed by atoms with Crippen molar-refractivity contribution in [1.82, 2.24) is 0 Å². The Morgan fingerprint density at radius 2 is 1.19 bits per heavy atom. The number of fused-ring (bicyclic) bond motifs is 2. The zero-order chi connectivity index (χ0) is 25.2. The van der Waals surface area contributed by atoms with Gasteiger partial charge in [-0.3, -0.25) is 9.59 Å². The number of carbonyl (C=O) groups excluding carboxylic acids is 2. The van der Waals surface area contributed by atoms with Gasteiger partial charge in [-0.15, -0.1) is 0 Å². The number of anilines is 1. The summed E-state index contributed by atoms with van der Waals surface area (Å²) in [6.07, 6.45) is 17.4. The van der Waals surface area contributed by atoms with Gasteiger partial charge in [0.25, 0.3) is 0 Å². The average molecular weight is 484 g/mol. The van der Waals surface area contributed by atoms with E-state index in [-0.39, 0.29) is 11.7 Å². The highest BCUT2D eigenvalue weighted by atomic mass is 16.1. The Morgan fingerprint density at radius 3 is 1.86 bits per heavy atom. The summed E-state index contributed by atoms with van der Waals surface area (Å²) in [5.74, 6) is 0.112. The Kier molecular flexibility index (Phi) is 9.72. The Hall–Kier alpha value is -2.94. The van der Waals surface area contributed by atoms with Gasteiger partial charge in [0, 0.05) is 34.0 Å². The van der Waals surface area contributed by atoms with E-state index in [1.807, 2.05) is 54.6 Å². The summed E-state index contributed by atoms with van der Waals surface area (Å²) in [5, 5.41) is 5.00. The van der Waals surface area contributed by atoms with E-state index in [2.05, 4.69) is 12.2 Å². The second-order valence-corrected chi connectivity index (χ2v) is 10.3. The second-order valence-electron chi connectivity index (χ2n) is 10.3. The van der Waals surface area contributed by atoms with Crippen LogP contribution in [0.15, 0.2) is 54.6 Å². The number of benzene rings is 3. The van der Waals surface area contributed by atoms with E-state index in [9.17, 15) is 9.59 Å². The van der Waals surface area contributed by atoms with Crippen LogP contribution >= 0.6 is 0 Å². The quantitative estimate of drug-likeness (QED) is 0.171. The highest BCUT2D eigenvalue weighted by molar-refractivity contribution is 6.27. The summed E-state index contributed by atoms with van der Waals surface area (Å²) in [4.78, 5) is 25.8. The lowest BCUT2D eigenvalue weighted by molar-refractivity contribution is -0.116. The van der Waals surface area contributed by atoms with Gasteiger partial charge >= 0.3 is 0 Å². The molecule has 3 heteroatoms. The molecule has 1 aliphatic rings. The SMILES string of the molecule is CCCCCCCCCCCCCCCC(=O)Nc1ccc2c3c(cccc13)C(=O)c1ccccc1-2. The van der Waals surface area contributed by atoms with Gasteiger partial charge in [0.1, 0.15) is 0 Å². The maximum Gasteiger partial charge on any atom is 0.224 e. The lowest BCUT2D eigenvalue weighted by Crippen LogP contribution is -2.13. The first kappa shape index (κ1) is 26.1. The second kappa shape index (κ2) is 13.4. The topological polar surface area (TPSA) is 46.2 Å². The van der Waals surface area contributed by atoms with Crippen LogP contribution in [0.5, 0.6) is 0 Å². The molecular weight excluding hydrogens is 442 g/mol. The molecule has 190 valence electrons. The third-order valence-electron chi connectivity index (χ3n) is 7.53. The van der Waals surface area contributed by atoms with Crippen molar-refractivity contribution in [3.8, 4) is 11.1 Å². The minimum Gasteiger partial charge on any atom is -0.326 e. The Morgan fingerprint density at radius 1 is 0.611 bits per heavy atom. The average Bonchev–Trinajstić information content (AvgIpc) is 2.90. The maximum absolute atomic E-state index is 13.1. The predicted octanol–water partition coefficient (Wildman–Crippen LogP) is 9.47.